The van der Waals surface area contributed by atoms with Gasteiger partial charge in [0.05, 0.1) is 23.7 Å². The van der Waals surface area contributed by atoms with E-state index in [2.05, 4.69) is 23.2 Å². The second-order valence-corrected chi connectivity index (χ2v) is 8.83. The Kier molecular flexibility index (Phi) is 6.98. The van der Waals surface area contributed by atoms with E-state index in [4.69, 9.17) is 14.7 Å². The number of piperazine rings is 1. The summed E-state index contributed by atoms with van der Waals surface area (Å²) in [4.78, 5) is 24.6. The van der Waals surface area contributed by atoms with E-state index < -0.39 is 11.9 Å². The fraction of sp³-hybridized carbons (Fsp3) is 0.583. The lowest BCUT2D eigenvalue weighted by Gasteiger charge is -2.30. The molecule has 164 valence electrons. The van der Waals surface area contributed by atoms with E-state index in [0.29, 0.717) is 29.6 Å². The lowest BCUT2D eigenvalue weighted by molar-refractivity contribution is -0.145. The first-order valence-electron chi connectivity index (χ1n) is 11.4. The van der Waals surface area contributed by atoms with Gasteiger partial charge in [-0.1, -0.05) is 38.3 Å². The number of anilines is 1. The molecule has 7 heteroatoms. The fourth-order valence-electron chi connectivity index (χ4n) is 4.55. The van der Waals surface area contributed by atoms with Crippen LogP contribution in [0.15, 0.2) is 24.3 Å². The Bertz CT molecular complexity index is 951. The van der Waals surface area contributed by atoms with Crippen molar-refractivity contribution in [3.63, 3.8) is 0 Å². The molecule has 1 aromatic carbocycles. The molecular weight excluding hydrogens is 390 g/mol. The summed E-state index contributed by atoms with van der Waals surface area (Å²) in [5.74, 6) is 0.144. The van der Waals surface area contributed by atoms with Crippen molar-refractivity contribution in [2.45, 2.75) is 44.9 Å². The van der Waals surface area contributed by atoms with Crippen LogP contribution in [0.25, 0.3) is 11.0 Å². The Labute approximate surface area is 183 Å². The Balaban J connectivity index is 1.57. The molecule has 1 aliphatic carbocycles. The highest BCUT2D eigenvalue weighted by Gasteiger charge is 2.31. The average molecular weight is 422 g/mol. The van der Waals surface area contributed by atoms with E-state index in [1.54, 1.807) is 0 Å². The van der Waals surface area contributed by atoms with Crippen molar-refractivity contribution in [1.82, 2.24) is 15.3 Å². The van der Waals surface area contributed by atoms with Crippen LogP contribution in [0.1, 0.15) is 50.6 Å². The number of hydrogen-bond acceptors (Lipinski definition) is 7. The van der Waals surface area contributed by atoms with Crippen LogP contribution in [0.5, 0.6) is 0 Å². The van der Waals surface area contributed by atoms with Crippen LogP contribution in [-0.2, 0) is 9.53 Å². The van der Waals surface area contributed by atoms with E-state index in [1.807, 2.05) is 24.3 Å². The minimum atomic E-state index is -1.08. The number of carbonyl (C=O) groups excluding carboxylic acids is 1. The molecule has 2 aliphatic rings. The zero-order chi connectivity index (χ0) is 21.6. The molecule has 0 bridgehead atoms. The fourth-order valence-corrected chi connectivity index (χ4v) is 4.55. The highest BCUT2D eigenvalue weighted by atomic mass is 16.5. The largest absolute Gasteiger partial charge is 0.464 e. The number of ether oxygens (including phenoxy) is 1. The van der Waals surface area contributed by atoms with Crippen LogP contribution in [0, 0.1) is 23.2 Å². The number of esters is 1. The molecule has 4 rings (SSSR count). The molecule has 7 nitrogen and oxygen atoms in total. The summed E-state index contributed by atoms with van der Waals surface area (Å²) >= 11 is 0. The maximum absolute atomic E-state index is 13.0. The van der Waals surface area contributed by atoms with Gasteiger partial charge >= 0.3 is 5.97 Å². The minimum absolute atomic E-state index is 0.378. The molecule has 1 aliphatic heterocycles. The predicted octanol–water partition coefficient (Wildman–Crippen LogP) is 3.41. The van der Waals surface area contributed by atoms with Crippen molar-refractivity contribution in [3.8, 4) is 6.07 Å². The predicted molar refractivity (Wildman–Crippen MR) is 120 cm³/mol. The number of fused-ring (bicyclic) bond motifs is 1. The number of nitriles is 1. The lowest BCUT2D eigenvalue weighted by atomic mass is 10.00. The normalized spacial score (nSPS) is 23.0. The summed E-state index contributed by atoms with van der Waals surface area (Å²) in [6, 6.07) is 9.72. The van der Waals surface area contributed by atoms with Crippen molar-refractivity contribution in [1.29, 1.82) is 5.26 Å². The summed E-state index contributed by atoms with van der Waals surface area (Å²) in [7, 11) is 0. The number of aromatic nitrogens is 2. The van der Waals surface area contributed by atoms with Gasteiger partial charge in [0.1, 0.15) is 5.69 Å². The van der Waals surface area contributed by atoms with Gasteiger partial charge < -0.3 is 15.0 Å². The van der Waals surface area contributed by atoms with E-state index in [9.17, 15) is 10.1 Å². The van der Waals surface area contributed by atoms with Gasteiger partial charge in [0.2, 0.25) is 0 Å². The molecule has 3 unspecified atom stereocenters. The molecule has 0 amide bonds. The number of para-hydroxylation sites is 2. The molecule has 3 atom stereocenters. The Morgan fingerprint density at radius 3 is 2.68 bits per heavy atom. The average Bonchev–Trinajstić information content (AvgIpc) is 3.02. The third-order valence-electron chi connectivity index (χ3n) is 6.47. The molecule has 0 radical (unpaired) electrons. The topological polar surface area (TPSA) is 91.1 Å². The molecule has 2 fully saturated rings. The summed E-state index contributed by atoms with van der Waals surface area (Å²) in [6.45, 7) is 5.84. The lowest BCUT2D eigenvalue weighted by Crippen LogP contribution is -2.44. The SMILES string of the molecule is CC1CCCC(COC(=O)C(C#N)c2nc3ccccc3nc2N2CCNCC2)CC1. The number of hydrogen-bond donors (Lipinski definition) is 1. The van der Waals surface area contributed by atoms with Crippen LogP contribution in [0.2, 0.25) is 0 Å². The zero-order valence-corrected chi connectivity index (χ0v) is 18.2. The number of rotatable bonds is 5. The smallest absolute Gasteiger partial charge is 0.329 e. The van der Waals surface area contributed by atoms with Gasteiger partial charge in [-0.05, 0) is 36.8 Å². The third-order valence-corrected chi connectivity index (χ3v) is 6.47. The van der Waals surface area contributed by atoms with E-state index in [1.165, 1.54) is 19.3 Å². The molecule has 2 heterocycles. The summed E-state index contributed by atoms with van der Waals surface area (Å²) in [5.41, 5.74) is 1.85. The van der Waals surface area contributed by atoms with E-state index >= 15 is 0 Å². The van der Waals surface area contributed by atoms with E-state index in [-0.39, 0.29) is 0 Å². The van der Waals surface area contributed by atoms with Crippen LogP contribution >= 0.6 is 0 Å². The van der Waals surface area contributed by atoms with E-state index in [0.717, 1.165) is 50.5 Å². The second kappa shape index (κ2) is 10.1. The molecule has 31 heavy (non-hydrogen) atoms. The first kappa shape index (κ1) is 21.5. The van der Waals surface area contributed by atoms with Gasteiger partial charge in [-0.25, -0.2) is 9.97 Å². The molecule has 1 aromatic heterocycles. The quantitative estimate of drug-likeness (QED) is 0.584. The van der Waals surface area contributed by atoms with Crippen LogP contribution in [0.3, 0.4) is 0 Å². The molecule has 0 spiro atoms. The number of carbonyl (C=O) groups is 1. The Morgan fingerprint density at radius 2 is 1.94 bits per heavy atom. The molecule has 2 aromatic rings. The van der Waals surface area contributed by atoms with Crippen LogP contribution in [0.4, 0.5) is 5.82 Å². The highest BCUT2D eigenvalue weighted by Crippen LogP contribution is 2.30. The van der Waals surface area contributed by atoms with Crippen molar-refractivity contribution < 1.29 is 9.53 Å². The van der Waals surface area contributed by atoms with Crippen molar-refractivity contribution >= 4 is 22.8 Å². The molecule has 1 saturated carbocycles. The van der Waals surface area contributed by atoms with Gasteiger partial charge in [0.15, 0.2) is 11.7 Å². The first-order chi connectivity index (χ1) is 15.2. The van der Waals surface area contributed by atoms with Gasteiger partial charge in [0, 0.05) is 26.2 Å². The Morgan fingerprint density at radius 1 is 1.19 bits per heavy atom. The highest BCUT2D eigenvalue weighted by molar-refractivity contribution is 5.85. The van der Waals surface area contributed by atoms with Gasteiger partial charge in [-0.15, -0.1) is 0 Å². The number of benzene rings is 1. The van der Waals surface area contributed by atoms with Crippen molar-refractivity contribution in [3.05, 3.63) is 30.0 Å². The number of nitrogens with one attached hydrogen (secondary N) is 1. The first-order valence-corrected chi connectivity index (χ1v) is 11.4. The van der Waals surface area contributed by atoms with Gasteiger partial charge in [-0.3, -0.25) is 4.79 Å². The Hall–Kier alpha value is -2.72. The maximum Gasteiger partial charge on any atom is 0.329 e. The maximum atomic E-state index is 13.0. The summed E-state index contributed by atoms with van der Waals surface area (Å²) < 4.78 is 5.67. The minimum Gasteiger partial charge on any atom is -0.464 e. The van der Waals surface area contributed by atoms with Gasteiger partial charge in [-0.2, -0.15) is 5.26 Å². The summed E-state index contributed by atoms with van der Waals surface area (Å²) in [5, 5.41) is 13.2. The van der Waals surface area contributed by atoms with Gasteiger partial charge in [0.25, 0.3) is 0 Å². The summed E-state index contributed by atoms with van der Waals surface area (Å²) in [6.07, 6.45) is 5.75. The third kappa shape index (κ3) is 5.13. The van der Waals surface area contributed by atoms with Crippen molar-refractivity contribution in [2.24, 2.45) is 11.8 Å². The molecule has 1 N–H and O–H groups in total. The van der Waals surface area contributed by atoms with Crippen molar-refractivity contribution in [2.75, 3.05) is 37.7 Å². The standard InChI is InChI=1S/C24H31N5O2/c1-17-5-4-6-18(10-9-17)16-31-24(30)19(15-25)22-23(29-13-11-26-12-14-29)28-21-8-3-2-7-20(21)27-22/h2-3,7-8,17-19,26H,4-6,9-14,16H2,1H3. The second-order valence-electron chi connectivity index (χ2n) is 8.83. The number of nitrogens with zero attached hydrogens (tertiary/aromatic N) is 4. The van der Waals surface area contributed by atoms with Crippen LogP contribution < -0.4 is 10.2 Å². The molecular formula is C24H31N5O2. The zero-order valence-electron chi connectivity index (χ0n) is 18.2. The van der Waals surface area contributed by atoms with Crippen LogP contribution in [-0.4, -0.2) is 48.7 Å². The monoisotopic (exact) mass is 421 g/mol. The molecule has 1 saturated heterocycles.